The highest BCUT2D eigenvalue weighted by molar-refractivity contribution is 14.1. The molecular weight excluding hydrogens is 282 g/mol. The Balaban J connectivity index is 2.37. The van der Waals surface area contributed by atoms with E-state index in [1.165, 1.54) is 29.3 Å². The van der Waals surface area contributed by atoms with Crippen LogP contribution in [0.4, 0.5) is 0 Å². The van der Waals surface area contributed by atoms with Gasteiger partial charge in [0.25, 0.3) is 0 Å². The third-order valence-electron chi connectivity index (χ3n) is 1.76. The van der Waals surface area contributed by atoms with Crippen LogP contribution in [0, 0.1) is 0 Å². The van der Waals surface area contributed by atoms with Gasteiger partial charge in [-0.25, -0.2) is 0 Å². The van der Waals surface area contributed by atoms with Crippen LogP contribution in [-0.4, -0.2) is 4.43 Å². The Morgan fingerprint density at radius 2 is 1.75 bits per heavy atom. The Morgan fingerprint density at radius 1 is 1.08 bits per heavy atom. The Morgan fingerprint density at radius 3 is 2.33 bits per heavy atom. The zero-order valence-corrected chi connectivity index (χ0v) is 9.81. The second kappa shape index (κ2) is 5.81. The summed E-state index contributed by atoms with van der Waals surface area (Å²) >= 11 is 8.19. The van der Waals surface area contributed by atoms with E-state index in [1.54, 1.807) is 0 Å². The molecule has 1 aromatic carbocycles. The highest BCUT2D eigenvalue weighted by atomic mass is 127. The first-order valence-corrected chi connectivity index (χ1v) is 6.03. The molecule has 0 saturated heterocycles. The van der Waals surface area contributed by atoms with E-state index in [2.05, 4.69) is 34.7 Å². The van der Waals surface area contributed by atoms with Gasteiger partial charge in [0, 0.05) is 5.02 Å². The SMILES string of the molecule is Clc1ccc(CCCCI)cc1. The molecule has 1 rings (SSSR count). The predicted octanol–water partition coefficient (Wildman–Crippen LogP) is 4.10. The number of hydrogen-bond donors (Lipinski definition) is 0. The van der Waals surface area contributed by atoms with Crippen LogP contribution < -0.4 is 0 Å². The maximum atomic E-state index is 5.77. The van der Waals surface area contributed by atoms with E-state index in [1.807, 2.05) is 12.1 Å². The van der Waals surface area contributed by atoms with Crippen LogP contribution in [0.3, 0.4) is 0 Å². The fourth-order valence-electron chi connectivity index (χ4n) is 1.07. The van der Waals surface area contributed by atoms with E-state index in [4.69, 9.17) is 11.6 Å². The molecule has 0 atom stereocenters. The topological polar surface area (TPSA) is 0 Å². The van der Waals surface area contributed by atoms with Gasteiger partial charge in [0.2, 0.25) is 0 Å². The van der Waals surface area contributed by atoms with Gasteiger partial charge in [-0.1, -0.05) is 46.3 Å². The van der Waals surface area contributed by atoms with Crippen LogP contribution in [-0.2, 0) is 6.42 Å². The first-order chi connectivity index (χ1) is 5.83. The zero-order chi connectivity index (χ0) is 8.81. The molecule has 0 bridgehead atoms. The van der Waals surface area contributed by atoms with Crippen molar-refractivity contribution in [1.82, 2.24) is 0 Å². The average Bonchev–Trinajstić information content (AvgIpc) is 2.09. The molecule has 0 saturated carbocycles. The van der Waals surface area contributed by atoms with Gasteiger partial charge in [-0.2, -0.15) is 0 Å². The van der Waals surface area contributed by atoms with Crippen molar-refractivity contribution in [2.45, 2.75) is 19.3 Å². The van der Waals surface area contributed by atoms with Gasteiger partial charge in [0.05, 0.1) is 0 Å². The minimum Gasteiger partial charge on any atom is -0.0864 e. The van der Waals surface area contributed by atoms with Crippen molar-refractivity contribution in [3.8, 4) is 0 Å². The summed E-state index contributed by atoms with van der Waals surface area (Å²) in [5.74, 6) is 0. The van der Waals surface area contributed by atoms with Crippen LogP contribution in [0.25, 0.3) is 0 Å². The Labute approximate surface area is 92.5 Å². The minimum atomic E-state index is 0.827. The molecule has 0 radical (unpaired) electrons. The van der Waals surface area contributed by atoms with Crippen molar-refractivity contribution in [3.63, 3.8) is 0 Å². The molecule has 2 heteroatoms. The first kappa shape index (κ1) is 10.3. The number of unbranched alkanes of at least 4 members (excludes halogenated alkanes) is 1. The summed E-state index contributed by atoms with van der Waals surface area (Å²) in [6.45, 7) is 0. The van der Waals surface area contributed by atoms with Crippen molar-refractivity contribution in [3.05, 3.63) is 34.9 Å². The van der Waals surface area contributed by atoms with E-state index >= 15 is 0 Å². The molecule has 66 valence electrons. The molecule has 0 N–H and O–H groups in total. The zero-order valence-electron chi connectivity index (χ0n) is 6.89. The van der Waals surface area contributed by atoms with Gasteiger partial charge in [0.15, 0.2) is 0 Å². The van der Waals surface area contributed by atoms with Crippen LogP contribution in [0.2, 0.25) is 5.02 Å². The second-order valence-electron chi connectivity index (χ2n) is 2.77. The lowest BCUT2D eigenvalue weighted by Crippen LogP contribution is -1.85. The van der Waals surface area contributed by atoms with Gasteiger partial charge >= 0.3 is 0 Å². The van der Waals surface area contributed by atoms with Gasteiger partial charge in [-0.15, -0.1) is 0 Å². The number of halogens is 2. The molecule has 0 amide bonds. The highest BCUT2D eigenvalue weighted by Gasteiger charge is 1.92. The number of aryl methyl sites for hydroxylation is 1. The van der Waals surface area contributed by atoms with Crippen molar-refractivity contribution < 1.29 is 0 Å². The Hall–Kier alpha value is 0.240. The quantitative estimate of drug-likeness (QED) is 0.445. The van der Waals surface area contributed by atoms with Crippen molar-refractivity contribution in [2.24, 2.45) is 0 Å². The van der Waals surface area contributed by atoms with E-state index in [0.717, 1.165) is 5.02 Å². The third-order valence-corrected chi connectivity index (χ3v) is 2.78. The van der Waals surface area contributed by atoms with E-state index in [9.17, 15) is 0 Å². The standard InChI is InChI=1S/C10H12ClI/c11-10-6-4-9(5-7-10)3-1-2-8-12/h4-7H,1-3,8H2. The summed E-state index contributed by atoms with van der Waals surface area (Å²) < 4.78 is 1.26. The minimum absolute atomic E-state index is 0.827. The summed E-state index contributed by atoms with van der Waals surface area (Å²) in [5, 5.41) is 0.827. The van der Waals surface area contributed by atoms with Gasteiger partial charge in [-0.3, -0.25) is 0 Å². The molecule has 0 aliphatic rings. The van der Waals surface area contributed by atoms with Gasteiger partial charge < -0.3 is 0 Å². The molecule has 0 nitrogen and oxygen atoms in total. The Bertz CT molecular complexity index is 218. The molecule has 0 aromatic heterocycles. The molecule has 0 spiro atoms. The maximum Gasteiger partial charge on any atom is 0.0406 e. The number of rotatable bonds is 4. The molecule has 0 aliphatic carbocycles. The van der Waals surface area contributed by atoms with E-state index in [-0.39, 0.29) is 0 Å². The Kier molecular flexibility index (Phi) is 5.00. The lowest BCUT2D eigenvalue weighted by Gasteiger charge is -1.99. The summed E-state index contributed by atoms with van der Waals surface area (Å²) in [5.41, 5.74) is 1.39. The van der Waals surface area contributed by atoms with Gasteiger partial charge in [0.1, 0.15) is 0 Å². The van der Waals surface area contributed by atoms with E-state index < -0.39 is 0 Å². The molecule has 0 heterocycles. The number of benzene rings is 1. The maximum absolute atomic E-state index is 5.77. The van der Waals surface area contributed by atoms with Crippen molar-refractivity contribution in [2.75, 3.05) is 4.43 Å². The second-order valence-corrected chi connectivity index (χ2v) is 4.29. The summed E-state index contributed by atoms with van der Waals surface area (Å²) in [7, 11) is 0. The lowest BCUT2D eigenvalue weighted by atomic mass is 10.1. The summed E-state index contributed by atoms with van der Waals surface area (Å²) in [6.07, 6.45) is 3.77. The van der Waals surface area contributed by atoms with Crippen LogP contribution in [0.5, 0.6) is 0 Å². The first-order valence-electron chi connectivity index (χ1n) is 4.13. The monoisotopic (exact) mass is 294 g/mol. The molecule has 1 aromatic rings. The number of alkyl halides is 1. The van der Waals surface area contributed by atoms with Crippen LogP contribution >= 0.6 is 34.2 Å². The molecule has 12 heavy (non-hydrogen) atoms. The fourth-order valence-corrected chi connectivity index (χ4v) is 1.74. The van der Waals surface area contributed by atoms with E-state index in [0.29, 0.717) is 0 Å². The molecule has 0 aliphatic heterocycles. The van der Waals surface area contributed by atoms with Crippen LogP contribution in [0.15, 0.2) is 24.3 Å². The number of hydrogen-bond acceptors (Lipinski definition) is 0. The van der Waals surface area contributed by atoms with Crippen molar-refractivity contribution in [1.29, 1.82) is 0 Å². The summed E-state index contributed by atoms with van der Waals surface area (Å²) in [6, 6.07) is 8.13. The van der Waals surface area contributed by atoms with Crippen LogP contribution in [0.1, 0.15) is 18.4 Å². The molecule has 0 fully saturated rings. The normalized spacial score (nSPS) is 10.2. The summed E-state index contributed by atoms with van der Waals surface area (Å²) in [4.78, 5) is 0. The predicted molar refractivity (Wildman–Crippen MR) is 63.3 cm³/mol. The lowest BCUT2D eigenvalue weighted by molar-refractivity contribution is 0.810. The molecule has 0 unspecified atom stereocenters. The van der Waals surface area contributed by atoms with Gasteiger partial charge in [-0.05, 0) is 41.4 Å². The smallest absolute Gasteiger partial charge is 0.0406 e. The fraction of sp³-hybridized carbons (Fsp3) is 0.400. The third kappa shape index (κ3) is 3.76. The van der Waals surface area contributed by atoms with Crippen molar-refractivity contribution >= 4 is 34.2 Å². The highest BCUT2D eigenvalue weighted by Crippen LogP contribution is 2.11. The molecular formula is C10H12ClI. The largest absolute Gasteiger partial charge is 0.0864 e. The average molecular weight is 295 g/mol.